The Bertz CT molecular complexity index is 569. The molecule has 0 spiro atoms. The van der Waals surface area contributed by atoms with Crippen molar-refractivity contribution in [2.24, 2.45) is 0 Å². The molecule has 2 aromatic rings. The maximum absolute atomic E-state index is 6.79. The van der Waals surface area contributed by atoms with E-state index in [2.05, 4.69) is 26.7 Å². The summed E-state index contributed by atoms with van der Waals surface area (Å²) in [6, 6.07) is 8.98. The van der Waals surface area contributed by atoms with Crippen molar-refractivity contribution in [3.63, 3.8) is 0 Å². The van der Waals surface area contributed by atoms with E-state index in [0.29, 0.717) is 17.1 Å². The molecule has 3 heteroatoms. The van der Waals surface area contributed by atoms with Gasteiger partial charge in [0.2, 0.25) is 5.69 Å². The lowest BCUT2D eigenvalue weighted by Crippen LogP contribution is -1.82. The number of nitrogens with zero attached hydrogens (tertiary/aromatic N) is 3. The molecule has 0 amide bonds. The van der Waals surface area contributed by atoms with E-state index in [0.717, 1.165) is 0 Å². The van der Waals surface area contributed by atoms with Gasteiger partial charge >= 0.3 is 0 Å². The van der Waals surface area contributed by atoms with E-state index in [4.69, 9.17) is 6.57 Å². The average Bonchev–Trinajstić information content (AvgIpc) is 2.38. The lowest BCUT2D eigenvalue weighted by Gasteiger charge is -1.89. The molecule has 0 saturated carbocycles. The lowest BCUT2D eigenvalue weighted by atomic mass is 10.3. The zero-order chi connectivity index (χ0) is 11.2. The van der Waals surface area contributed by atoms with Crippen molar-refractivity contribution in [2.45, 2.75) is 0 Å². The smallest absolute Gasteiger partial charge is 0.205 e. The highest BCUT2D eigenvalue weighted by Gasteiger charge is 1.91. The molecular weight excluding hydrogens is 198 g/mol. The molecule has 0 unspecified atom stereocenters. The molecule has 0 N–H and O–H groups in total. The second kappa shape index (κ2) is 4.72. The highest BCUT2D eigenvalue weighted by Crippen LogP contribution is 2.08. The molecule has 0 atom stereocenters. The van der Waals surface area contributed by atoms with Gasteiger partial charge in [-0.15, -0.1) is 0 Å². The molecular formula is C13H7N3. The largest absolute Gasteiger partial charge is 0.259 e. The summed E-state index contributed by atoms with van der Waals surface area (Å²) in [6.07, 6.45) is 3.20. The Kier molecular flexibility index (Phi) is 2.92. The van der Waals surface area contributed by atoms with Gasteiger partial charge in [-0.25, -0.2) is 9.83 Å². The number of hydrogen-bond donors (Lipinski definition) is 0. The summed E-state index contributed by atoms with van der Waals surface area (Å²) in [5, 5.41) is 0. The Morgan fingerprint density at radius 2 is 1.81 bits per heavy atom. The van der Waals surface area contributed by atoms with Gasteiger partial charge in [-0.3, -0.25) is 4.98 Å². The fourth-order valence-electron chi connectivity index (χ4n) is 1.09. The fourth-order valence-corrected chi connectivity index (χ4v) is 1.09. The summed E-state index contributed by atoms with van der Waals surface area (Å²) in [5.74, 6) is 5.78. The highest BCUT2D eigenvalue weighted by atomic mass is 14.7. The van der Waals surface area contributed by atoms with Crippen molar-refractivity contribution in [2.75, 3.05) is 0 Å². The zero-order valence-corrected chi connectivity index (χ0v) is 8.38. The van der Waals surface area contributed by atoms with Crippen LogP contribution in [-0.2, 0) is 0 Å². The first kappa shape index (κ1) is 9.89. The molecule has 2 heterocycles. The van der Waals surface area contributed by atoms with Gasteiger partial charge in [-0.1, -0.05) is 12.1 Å². The van der Waals surface area contributed by atoms with Gasteiger partial charge in [0.25, 0.3) is 0 Å². The molecule has 2 rings (SSSR count). The van der Waals surface area contributed by atoms with Crippen LogP contribution < -0.4 is 0 Å². The third kappa shape index (κ3) is 2.43. The van der Waals surface area contributed by atoms with Crippen molar-refractivity contribution in [3.8, 4) is 11.8 Å². The minimum absolute atomic E-state index is 0.517. The van der Waals surface area contributed by atoms with Crippen LogP contribution in [0.15, 0.2) is 42.7 Å². The summed E-state index contributed by atoms with van der Waals surface area (Å²) < 4.78 is 0. The third-order valence-corrected chi connectivity index (χ3v) is 1.86. The second-order valence-corrected chi connectivity index (χ2v) is 2.98. The van der Waals surface area contributed by atoms with Crippen molar-refractivity contribution in [1.82, 2.24) is 9.97 Å². The average molecular weight is 205 g/mol. The van der Waals surface area contributed by atoms with Crippen LogP contribution in [0.5, 0.6) is 0 Å². The molecule has 16 heavy (non-hydrogen) atoms. The topological polar surface area (TPSA) is 30.1 Å². The summed E-state index contributed by atoms with van der Waals surface area (Å²) in [5.41, 5.74) is 1.86. The highest BCUT2D eigenvalue weighted by molar-refractivity contribution is 5.45. The van der Waals surface area contributed by atoms with Crippen LogP contribution in [0.25, 0.3) is 4.85 Å². The molecule has 0 fully saturated rings. The molecule has 0 aliphatic rings. The molecule has 0 aliphatic heterocycles. The fraction of sp³-hybridized carbons (Fsp3) is 0. The van der Waals surface area contributed by atoms with Gasteiger partial charge in [-0.05, 0) is 30.0 Å². The first-order valence-corrected chi connectivity index (χ1v) is 4.65. The van der Waals surface area contributed by atoms with Gasteiger partial charge in [0, 0.05) is 12.4 Å². The van der Waals surface area contributed by atoms with Gasteiger partial charge in [0.1, 0.15) is 11.4 Å². The van der Waals surface area contributed by atoms with Crippen molar-refractivity contribution in [3.05, 3.63) is 65.5 Å². The van der Waals surface area contributed by atoms with Crippen LogP contribution in [0.3, 0.4) is 0 Å². The first-order chi connectivity index (χ1) is 7.88. The quantitative estimate of drug-likeness (QED) is 0.488. The zero-order valence-electron chi connectivity index (χ0n) is 8.38. The molecule has 0 saturated heterocycles. The summed E-state index contributed by atoms with van der Waals surface area (Å²) in [6.45, 7) is 6.79. The van der Waals surface area contributed by atoms with Crippen LogP contribution in [0.4, 0.5) is 5.69 Å². The summed E-state index contributed by atoms with van der Waals surface area (Å²) >= 11 is 0. The van der Waals surface area contributed by atoms with E-state index in [9.17, 15) is 0 Å². The molecule has 74 valence electrons. The van der Waals surface area contributed by atoms with Crippen LogP contribution in [0.1, 0.15) is 11.4 Å². The van der Waals surface area contributed by atoms with E-state index >= 15 is 0 Å². The predicted molar refractivity (Wildman–Crippen MR) is 60.7 cm³/mol. The molecule has 2 aromatic heterocycles. The molecule has 0 bridgehead atoms. The maximum atomic E-state index is 6.79. The lowest BCUT2D eigenvalue weighted by molar-refractivity contribution is 1.28. The minimum Gasteiger partial charge on any atom is -0.259 e. The van der Waals surface area contributed by atoms with E-state index in [-0.39, 0.29) is 0 Å². The summed E-state index contributed by atoms with van der Waals surface area (Å²) in [4.78, 5) is 11.4. The monoisotopic (exact) mass is 205 g/mol. The summed E-state index contributed by atoms with van der Waals surface area (Å²) in [7, 11) is 0. The van der Waals surface area contributed by atoms with Crippen LogP contribution in [-0.4, -0.2) is 9.97 Å². The SMILES string of the molecule is [C-]#[N+]c1ccc(C#Cc2ccccn2)nc1. The first-order valence-electron chi connectivity index (χ1n) is 4.65. The van der Waals surface area contributed by atoms with Crippen LogP contribution in [0, 0.1) is 18.4 Å². The van der Waals surface area contributed by atoms with Gasteiger partial charge < -0.3 is 0 Å². The predicted octanol–water partition coefficient (Wildman–Crippen LogP) is 2.43. The molecule has 0 aliphatic carbocycles. The number of pyridine rings is 2. The Hall–Kier alpha value is -2.65. The number of aromatic nitrogens is 2. The van der Waals surface area contributed by atoms with Crippen molar-refractivity contribution < 1.29 is 0 Å². The molecule has 3 nitrogen and oxygen atoms in total. The van der Waals surface area contributed by atoms with Crippen molar-refractivity contribution in [1.29, 1.82) is 0 Å². The Labute approximate surface area is 93.6 Å². The number of hydrogen-bond acceptors (Lipinski definition) is 2. The van der Waals surface area contributed by atoms with Crippen LogP contribution >= 0.6 is 0 Å². The van der Waals surface area contributed by atoms with E-state index in [1.54, 1.807) is 18.3 Å². The Balaban J connectivity index is 2.22. The van der Waals surface area contributed by atoms with E-state index < -0.39 is 0 Å². The second-order valence-electron chi connectivity index (χ2n) is 2.98. The number of rotatable bonds is 0. The maximum Gasteiger partial charge on any atom is 0.205 e. The van der Waals surface area contributed by atoms with E-state index in [1.165, 1.54) is 6.20 Å². The normalized spacial score (nSPS) is 8.69. The standard InChI is InChI=1S/C13H7N3/c1-14-13-8-7-12(16-10-13)6-5-11-4-2-3-9-15-11/h2-4,7-10H. The third-order valence-electron chi connectivity index (χ3n) is 1.86. The van der Waals surface area contributed by atoms with Crippen molar-refractivity contribution >= 4 is 5.69 Å². The van der Waals surface area contributed by atoms with Gasteiger partial charge in [0.15, 0.2) is 0 Å². The molecule has 0 aromatic carbocycles. The molecule has 0 radical (unpaired) electrons. The van der Waals surface area contributed by atoms with Gasteiger partial charge in [-0.2, -0.15) is 0 Å². The van der Waals surface area contributed by atoms with E-state index in [1.807, 2.05) is 18.2 Å². The minimum atomic E-state index is 0.517. The van der Waals surface area contributed by atoms with Gasteiger partial charge in [0.05, 0.1) is 6.57 Å². The Morgan fingerprint density at radius 3 is 2.38 bits per heavy atom. The van der Waals surface area contributed by atoms with Crippen LogP contribution in [0.2, 0.25) is 0 Å². The Morgan fingerprint density at radius 1 is 1.00 bits per heavy atom.